The quantitative estimate of drug-likeness (QED) is 0.524. The fourth-order valence-electron chi connectivity index (χ4n) is 1.42. The standard InChI is InChI=1S/C7H13NO2/c1-7(2)3-6(10)4-8(7)5-9/h5-6,10H,3-4H2,1-2H3. The van der Waals surface area contributed by atoms with Gasteiger partial charge in [0, 0.05) is 12.1 Å². The lowest BCUT2D eigenvalue weighted by atomic mass is 10.0. The third-order valence-corrected chi connectivity index (χ3v) is 2.05. The van der Waals surface area contributed by atoms with Gasteiger partial charge in [-0.05, 0) is 20.3 Å². The van der Waals surface area contributed by atoms with E-state index < -0.39 is 0 Å². The van der Waals surface area contributed by atoms with Gasteiger partial charge in [0.2, 0.25) is 6.41 Å². The largest absolute Gasteiger partial charge is 0.391 e. The van der Waals surface area contributed by atoms with Crippen LogP contribution < -0.4 is 0 Å². The number of carbonyl (C=O) groups is 1. The molecule has 0 saturated carbocycles. The van der Waals surface area contributed by atoms with Crippen molar-refractivity contribution in [2.75, 3.05) is 6.54 Å². The van der Waals surface area contributed by atoms with E-state index in [0.717, 1.165) is 6.41 Å². The molecule has 3 nitrogen and oxygen atoms in total. The number of aliphatic hydroxyl groups is 1. The first-order chi connectivity index (χ1) is 4.56. The second-order valence-corrected chi connectivity index (χ2v) is 3.43. The number of nitrogens with zero attached hydrogens (tertiary/aromatic N) is 1. The first-order valence-electron chi connectivity index (χ1n) is 3.46. The van der Waals surface area contributed by atoms with Gasteiger partial charge in [0.15, 0.2) is 0 Å². The fourth-order valence-corrected chi connectivity index (χ4v) is 1.42. The second kappa shape index (κ2) is 2.23. The normalized spacial score (nSPS) is 30.7. The zero-order valence-electron chi connectivity index (χ0n) is 6.37. The molecule has 1 N–H and O–H groups in total. The van der Waals surface area contributed by atoms with Gasteiger partial charge in [0.25, 0.3) is 0 Å². The van der Waals surface area contributed by atoms with E-state index in [-0.39, 0.29) is 11.6 Å². The molecular formula is C7H13NO2. The molecule has 0 aromatic carbocycles. The summed E-state index contributed by atoms with van der Waals surface area (Å²) in [6, 6.07) is 0. The number of rotatable bonds is 1. The Hall–Kier alpha value is -0.570. The van der Waals surface area contributed by atoms with Gasteiger partial charge in [-0.1, -0.05) is 0 Å². The van der Waals surface area contributed by atoms with E-state index in [0.29, 0.717) is 13.0 Å². The Bertz CT molecular complexity index is 145. The van der Waals surface area contributed by atoms with E-state index in [1.54, 1.807) is 4.90 Å². The monoisotopic (exact) mass is 143 g/mol. The average molecular weight is 143 g/mol. The van der Waals surface area contributed by atoms with Gasteiger partial charge >= 0.3 is 0 Å². The van der Waals surface area contributed by atoms with Crippen molar-refractivity contribution in [3.8, 4) is 0 Å². The molecule has 0 spiro atoms. The number of β-amino-alcohol motifs (C(OH)–C–C–N with tert-alkyl or cyclic N) is 1. The predicted octanol–water partition coefficient (Wildman–Crippen LogP) is -0.0120. The molecule has 0 aliphatic carbocycles. The van der Waals surface area contributed by atoms with Crippen molar-refractivity contribution in [2.24, 2.45) is 0 Å². The minimum absolute atomic E-state index is 0.152. The molecule has 58 valence electrons. The summed E-state index contributed by atoms with van der Waals surface area (Å²) >= 11 is 0. The summed E-state index contributed by atoms with van der Waals surface area (Å²) in [5.41, 5.74) is -0.152. The Morgan fingerprint density at radius 3 is 2.50 bits per heavy atom. The summed E-state index contributed by atoms with van der Waals surface area (Å²) in [6.07, 6.45) is 1.15. The third kappa shape index (κ3) is 1.14. The third-order valence-electron chi connectivity index (χ3n) is 2.05. The van der Waals surface area contributed by atoms with E-state index in [2.05, 4.69) is 0 Å². The van der Waals surface area contributed by atoms with Crippen LogP contribution in [-0.2, 0) is 4.79 Å². The van der Waals surface area contributed by atoms with Crippen molar-refractivity contribution in [3.63, 3.8) is 0 Å². The van der Waals surface area contributed by atoms with Gasteiger partial charge in [0.05, 0.1) is 6.10 Å². The van der Waals surface area contributed by atoms with E-state index in [4.69, 9.17) is 5.11 Å². The molecule has 1 atom stereocenters. The Labute approximate surface area is 60.6 Å². The van der Waals surface area contributed by atoms with Crippen molar-refractivity contribution in [1.29, 1.82) is 0 Å². The summed E-state index contributed by atoms with van der Waals surface area (Å²) in [4.78, 5) is 12.0. The van der Waals surface area contributed by atoms with Crippen LogP contribution in [0, 0.1) is 0 Å². The van der Waals surface area contributed by atoms with Gasteiger partial charge in [0.1, 0.15) is 0 Å². The molecule has 1 unspecified atom stereocenters. The molecule has 3 heteroatoms. The van der Waals surface area contributed by atoms with Gasteiger partial charge in [-0.2, -0.15) is 0 Å². The van der Waals surface area contributed by atoms with Gasteiger partial charge in [-0.15, -0.1) is 0 Å². The van der Waals surface area contributed by atoms with Gasteiger partial charge < -0.3 is 10.0 Å². The van der Waals surface area contributed by atoms with Crippen LogP contribution in [0.3, 0.4) is 0 Å². The molecule has 1 heterocycles. The Morgan fingerprint density at radius 1 is 1.70 bits per heavy atom. The minimum Gasteiger partial charge on any atom is -0.391 e. The van der Waals surface area contributed by atoms with E-state index in [1.807, 2.05) is 13.8 Å². The summed E-state index contributed by atoms with van der Waals surface area (Å²) in [7, 11) is 0. The maximum atomic E-state index is 10.4. The fraction of sp³-hybridized carbons (Fsp3) is 0.857. The molecule has 1 rings (SSSR count). The lowest BCUT2D eigenvalue weighted by Gasteiger charge is -2.26. The highest BCUT2D eigenvalue weighted by molar-refractivity contribution is 5.49. The second-order valence-electron chi connectivity index (χ2n) is 3.43. The molecule has 0 aromatic heterocycles. The van der Waals surface area contributed by atoms with Crippen molar-refractivity contribution in [3.05, 3.63) is 0 Å². The number of hydrogen-bond donors (Lipinski definition) is 1. The van der Waals surface area contributed by atoms with Crippen LogP contribution in [0.1, 0.15) is 20.3 Å². The highest BCUT2D eigenvalue weighted by atomic mass is 16.3. The molecule has 1 amide bonds. The van der Waals surface area contributed by atoms with E-state index in [9.17, 15) is 4.79 Å². The van der Waals surface area contributed by atoms with Crippen LogP contribution in [0.2, 0.25) is 0 Å². The Kier molecular flexibility index (Phi) is 1.68. The average Bonchev–Trinajstić information content (AvgIpc) is 2.04. The van der Waals surface area contributed by atoms with Crippen LogP contribution >= 0.6 is 0 Å². The van der Waals surface area contributed by atoms with Crippen molar-refractivity contribution in [1.82, 2.24) is 4.90 Å². The zero-order valence-corrected chi connectivity index (χ0v) is 6.37. The molecule has 10 heavy (non-hydrogen) atoms. The first-order valence-corrected chi connectivity index (χ1v) is 3.46. The smallest absolute Gasteiger partial charge is 0.210 e. The van der Waals surface area contributed by atoms with Crippen LogP contribution in [0.15, 0.2) is 0 Å². The zero-order chi connectivity index (χ0) is 7.78. The lowest BCUT2D eigenvalue weighted by Crippen LogP contribution is -2.36. The number of carbonyl (C=O) groups excluding carboxylic acids is 1. The highest BCUT2D eigenvalue weighted by Gasteiger charge is 2.36. The number of likely N-dealkylation sites (tertiary alicyclic amines) is 1. The maximum Gasteiger partial charge on any atom is 0.210 e. The van der Waals surface area contributed by atoms with Crippen LogP contribution in [0.5, 0.6) is 0 Å². The Morgan fingerprint density at radius 2 is 2.30 bits per heavy atom. The van der Waals surface area contributed by atoms with Crippen LogP contribution in [0.4, 0.5) is 0 Å². The lowest BCUT2D eigenvalue weighted by molar-refractivity contribution is -0.121. The predicted molar refractivity (Wildman–Crippen MR) is 37.5 cm³/mol. The SMILES string of the molecule is CC1(C)CC(O)CN1C=O. The molecule has 1 fully saturated rings. The number of aliphatic hydroxyl groups excluding tert-OH is 1. The van der Waals surface area contributed by atoms with Crippen molar-refractivity contribution in [2.45, 2.75) is 31.9 Å². The minimum atomic E-state index is -0.333. The van der Waals surface area contributed by atoms with Gasteiger partial charge in [-0.3, -0.25) is 4.79 Å². The van der Waals surface area contributed by atoms with Gasteiger partial charge in [-0.25, -0.2) is 0 Å². The van der Waals surface area contributed by atoms with Crippen molar-refractivity contribution >= 4 is 6.41 Å². The van der Waals surface area contributed by atoms with E-state index in [1.165, 1.54) is 0 Å². The molecule has 1 saturated heterocycles. The molecule has 0 bridgehead atoms. The van der Waals surface area contributed by atoms with E-state index >= 15 is 0 Å². The summed E-state index contributed by atoms with van der Waals surface area (Å²) < 4.78 is 0. The maximum absolute atomic E-state index is 10.4. The highest BCUT2D eigenvalue weighted by Crippen LogP contribution is 2.26. The van der Waals surface area contributed by atoms with Crippen LogP contribution in [0.25, 0.3) is 0 Å². The molecule has 1 aliphatic heterocycles. The molecule has 0 radical (unpaired) electrons. The number of hydrogen-bond acceptors (Lipinski definition) is 2. The Balaban J connectivity index is 2.67. The summed E-state index contributed by atoms with van der Waals surface area (Å²) in [6.45, 7) is 4.39. The topological polar surface area (TPSA) is 40.5 Å². The summed E-state index contributed by atoms with van der Waals surface area (Å²) in [5.74, 6) is 0. The number of amides is 1. The molecular weight excluding hydrogens is 130 g/mol. The summed E-state index contributed by atoms with van der Waals surface area (Å²) in [5, 5.41) is 9.17. The van der Waals surface area contributed by atoms with Crippen LogP contribution in [-0.4, -0.2) is 34.6 Å². The van der Waals surface area contributed by atoms with Crippen molar-refractivity contribution < 1.29 is 9.90 Å². The molecule has 0 aromatic rings. The molecule has 1 aliphatic rings. The first kappa shape index (κ1) is 7.54.